The van der Waals surface area contributed by atoms with Crippen LogP contribution in [0.1, 0.15) is 52.9 Å². The third-order valence-corrected chi connectivity index (χ3v) is 8.96. The Labute approximate surface area is 254 Å². The van der Waals surface area contributed by atoms with Gasteiger partial charge in [0.05, 0.1) is 11.9 Å². The Balaban J connectivity index is 1.13. The van der Waals surface area contributed by atoms with Crippen molar-refractivity contribution < 1.29 is 9.59 Å². The van der Waals surface area contributed by atoms with E-state index in [2.05, 4.69) is 49.6 Å². The largest absolute Gasteiger partial charge is 0.368 e. The molecule has 44 heavy (non-hydrogen) atoms. The van der Waals surface area contributed by atoms with Gasteiger partial charge in [0.25, 0.3) is 5.91 Å². The van der Waals surface area contributed by atoms with E-state index >= 15 is 0 Å². The van der Waals surface area contributed by atoms with E-state index in [4.69, 9.17) is 10.1 Å². The molecule has 0 atom stereocenters. The number of H-pyrrole nitrogens is 1. The minimum Gasteiger partial charge on any atom is -0.368 e. The summed E-state index contributed by atoms with van der Waals surface area (Å²) in [6.45, 7) is 6.06. The van der Waals surface area contributed by atoms with E-state index < -0.39 is 0 Å². The Morgan fingerprint density at radius 2 is 1.70 bits per heavy atom. The van der Waals surface area contributed by atoms with Gasteiger partial charge in [-0.25, -0.2) is 9.50 Å². The van der Waals surface area contributed by atoms with Gasteiger partial charge in [-0.1, -0.05) is 30.3 Å². The van der Waals surface area contributed by atoms with Crippen LogP contribution in [0, 0.1) is 0 Å². The van der Waals surface area contributed by atoms with Crippen LogP contribution in [0.25, 0.3) is 16.9 Å². The first-order valence-electron chi connectivity index (χ1n) is 15.2. The van der Waals surface area contributed by atoms with Gasteiger partial charge in [0.2, 0.25) is 5.91 Å². The summed E-state index contributed by atoms with van der Waals surface area (Å²) in [7, 11) is 0. The number of carbonyl (C=O) groups is 2. The van der Waals surface area contributed by atoms with Gasteiger partial charge >= 0.3 is 0 Å². The fraction of sp³-hybridized carbons (Fsp3) is 0.303. The molecular weight excluding hydrogens is 554 g/mol. The van der Waals surface area contributed by atoms with Crippen molar-refractivity contribution in [1.29, 1.82) is 0 Å². The highest BCUT2D eigenvalue weighted by Gasteiger charge is 2.35. The number of rotatable bonds is 6. The standard InChI is InChI=1S/C33H33N9O2/c1-21(43)39-11-13-40(14-12-39)27-8-4-7-26(15-27)36-33(44)31-30(22-9-10-22)32-37-29(41-19-23-5-2-3-6-24(23)20-41)16-28(42(32)38-31)25-17-34-35-18-25/h2-8,15-18,22H,9-14,19-20H2,1H3,(H,34,35)(H,36,44). The Morgan fingerprint density at radius 1 is 0.932 bits per heavy atom. The maximum Gasteiger partial charge on any atom is 0.276 e. The monoisotopic (exact) mass is 587 g/mol. The molecule has 5 heterocycles. The third kappa shape index (κ3) is 4.74. The number of aromatic nitrogens is 5. The average molecular weight is 588 g/mol. The normalized spacial score (nSPS) is 16.4. The molecule has 1 saturated heterocycles. The molecule has 2 aliphatic heterocycles. The minimum atomic E-state index is -0.246. The van der Waals surface area contributed by atoms with E-state index in [0.717, 1.165) is 73.0 Å². The Hall–Kier alpha value is -5.19. The highest BCUT2D eigenvalue weighted by Crippen LogP contribution is 2.45. The number of nitrogens with one attached hydrogen (secondary N) is 2. The molecule has 5 aromatic rings. The lowest BCUT2D eigenvalue weighted by molar-refractivity contribution is -0.129. The van der Waals surface area contributed by atoms with Crippen LogP contribution in [-0.2, 0) is 17.9 Å². The summed E-state index contributed by atoms with van der Waals surface area (Å²) in [5, 5.41) is 15.1. The first-order chi connectivity index (χ1) is 21.5. The maximum atomic E-state index is 13.9. The molecule has 3 aliphatic rings. The Bertz CT molecular complexity index is 1860. The predicted octanol–water partition coefficient (Wildman–Crippen LogP) is 4.44. The number of piperazine rings is 1. The van der Waals surface area contributed by atoms with Crippen LogP contribution in [0.2, 0.25) is 0 Å². The SMILES string of the molecule is CC(=O)N1CCN(c2cccc(NC(=O)c3nn4c(-c5cn[nH]c5)cc(N5Cc6ccccc6C5)nc4c3C3CC3)c2)CC1. The molecule has 8 rings (SSSR count). The minimum absolute atomic E-state index is 0.104. The highest BCUT2D eigenvalue weighted by atomic mass is 16.2. The topological polar surface area (TPSA) is 115 Å². The van der Waals surface area contributed by atoms with Crippen molar-refractivity contribution >= 4 is 34.7 Å². The van der Waals surface area contributed by atoms with Gasteiger partial charge in [0.15, 0.2) is 11.3 Å². The number of hydrogen-bond acceptors (Lipinski definition) is 7. The second kappa shape index (κ2) is 10.5. The van der Waals surface area contributed by atoms with Crippen LogP contribution in [0.3, 0.4) is 0 Å². The lowest BCUT2D eigenvalue weighted by atomic mass is 10.1. The molecule has 0 unspecified atom stereocenters. The molecular formula is C33H33N9O2. The molecule has 2 fully saturated rings. The number of hydrogen-bond donors (Lipinski definition) is 2. The molecule has 2 amide bonds. The van der Waals surface area contributed by atoms with Crippen molar-refractivity contribution in [1.82, 2.24) is 29.7 Å². The van der Waals surface area contributed by atoms with Crippen LogP contribution in [0.4, 0.5) is 17.2 Å². The number of carbonyl (C=O) groups excluding carboxylic acids is 2. The van der Waals surface area contributed by atoms with Crippen molar-refractivity contribution in [2.75, 3.05) is 41.3 Å². The summed E-state index contributed by atoms with van der Waals surface area (Å²) >= 11 is 0. The Kier molecular flexibility index (Phi) is 6.32. The zero-order chi connectivity index (χ0) is 29.8. The van der Waals surface area contributed by atoms with Gasteiger partial charge < -0.3 is 20.0 Å². The maximum absolute atomic E-state index is 13.9. The Morgan fingerprint density at radius 3 is 2.39 bits per heavy atom. The number of anilines is 3. The molecule has 11 heteroatoms. The molecule has 0 radical (unpaired) electrons. The number of aromatic amines is 1. The van der Waals surface area contributed by atoms with E-state index in [9.17, 15) is 9.59 Å². The van der Waals surface area contributed by atoms with Crippen molar-refractivity contribution in [3.8, 4) is 11.3 Å². The van der Waals surface area contributed by atoms with Gasteiger partial charge in [-0.05, 0) is 48.1 Å². The summed E-state index contributed by atoms with van der Waals surface area (Å²) in [4.78, 5) is 37.2. The summed E-state index contributed by atoms with van der Waals surface area (Å²) in [6, 6.07) is 18.4. The highest BCUT2D eigenvalue weighted by molar-refractivity contribution is 6.05. The van der Waals surface area contributed by atoms with Crippen LogP contribution < -0.4 is 15.1 Å². The zero-order valence-electron chi connectivity index (χ0n) is 24.5. The molecule has 222 valence electrons. The van der Waals surface area contributed by atoms with Crippen molar-refractivity contribution in [2.24, 2.45) is 0 Å². The van der Waals surface area contributed by atoms with E-state index in [1.165, 1.54) is 11.1 Å². The van der Waals surface area contributed by atoms with Crippen molar-refractivity contribution in [3.05, 3.63) is 89.4 Å². The van der Waals surface area contributed by atoms with E-state index in [1.807, 2.05) is 45.9 Å². The second-order valence-corrected chi connectivity index (χ2v) is 11.9. The number of nitrogens with zero attached hydrogens (tertiary/aromatic N) is 7. The quantitative estimate of drug-likeness (QED) is 0.302. The van der Waals surface area contributed by atoms with Crippen LogP contribution in [0.15, 0.2) is 67.0 Å². The van der Waals surface area contributed by atoms with E-state index in [0.29, 0.717) is 24.5 Å². The summed E-state index contributed by atoms with van der Waals surface area (Å²) in [5.74, 6) is 0.959. The summed E-state index contributed by atoms with van der Waals surface area (Å²) in [6.07, 6.45) is 5.63. The molecule has 0 spiro atoms. The first-order valence-corrected chi connectivity index (χ1v) is 15.2. The number of amides is 2. The lowest BCUT2D eigenvalue weighted by Gasteiger charge is -2.35. The molecule has 1 saturated carbocycles. The van der Waals surface area contributed by atoms with Gasteiger partial charge in [0.1, 0.15) is 5.82 Å². The fourth-order valence-corrected chi connectivity index (χ4v) is 6.44. The predicted molar refractivity (Wildman–Crippen MR) is 168 cm³/mol. The molecule has 2 N–H and O–H groups in total. The third-order valence-electron chi connectivity index (χ3n) is 8.96. The van der Waals surface area contributed by atoms with Crippen LogP contribution in [0.5, 0.6) is 0 Å². The second-order valence-electron chi connectivity index (χ2n) is 11.9. The van der Waals surface area contributed by atoms with Gasteiger partial charge in [-0.15, -0.1) is 0 Å². The van der Waals surface area contributed by atoms with Gasteiger partial charge in [0, 0.05) is 81.0 Å². The zero-order valence-corrected chi connectivity index (χ0v) is 24.5. The molecule has 11 nitrogen and oxygen atoms in total. The van der Waals surface area contributed by atoms with Gasteiger partial charge in [-0.2, -0.15) is 10.2 Å². The summed E-state index contributed by atoms with van der Waals surface area (Å²) in [5.41, 5.74) is 8.08. The van der Waals surface area contributed by atoms with Crippen LogP contribution in [-0.4, -0.2) is 67.7 Å². The smallest absolute Gasteiger partial charge is 0.276 e. The lowest BCUT2D eigenvalue weighted by Crippen LogP contribution is -2.48. The van der Waals surface area contributed by atoms with E-state index in [1.54, 1.807) is 13.1 Å². The molecule has 0 bridgehead atoms. The van der Waals surface area contributed by atoms with Crippen molar-refractivity contribution in [3.63, 3.8) is 0 Å². The molecule has 3 aromatic heterocycles. The number of benzene rings is 2. The molecule has 1 aliphatic carbocycles. The first kappa shape index (κ1) is 26.4. The molecule has 2 aromatic carbocycles. The number of fused-ring (bicyclic) bond motifs is 2. The fourth-order valence-electron chi connectivity index (χ4n) is 6.44. The van der Waals surface area contributed by atoms with Crippen molar-refractivity contribution in [2.45, 2.75) is 38.8 Å². The average Bonchev–Trinajstić information content (AvgIpc) is 3.42. The van der Waals surface area contributed by atoms with Crippen LogP contribution >= 0.6 is 0 Å². The van der Waals surface area contributed by atoms with Gasteiger partial charge in [-0.3, -0.25) is 14.7 Å². The summed E-state index contributed by atoms with van der Waals surface area (Å²) < 4.78 is 1.81. The van der Waals surface area contributed by atoms with E-state index in [-0.39, 0.29) is 17.7 Å².